The average Bonchev–Trinajstić information content (AvgIpc) is 2.83. The van der Waals surface area contributed by atoms with E-state index in [1.807, 2.05) is 24.3 Å². The number of carbonyl (C=O) groups is 2. The number of fused-ring (bicyclic) bond motifs is 1. The van der Waals surface area contributed by atoms with Gasteiger partial charge < -0.3 is 25.0 Å². The van der Waals surface area contributed by atoms with E-state index in [0.717, 1.165) is 5.75 Å². The predicted molar refractivity (Wildman–Crippen MR) is 78.9 cm³/mol. The van der Waals surface area contributed by atoms with Crippen molar-refractivity contribution in [2.45, 2.75) is 18.6 Å². The molecule has 0 aliphatic carbocycles. The maximum Gasteiger partial charge on any atom is 0.315 e. The summed E-state index contributed by atoms with van der Waals surface area (Å²) in [6.07, 6.45) is 0.119. The van der Waals surface area contributed by atoms with Crippen LogP contribution in [0.25, 0.3) is 0 Å². The summed E-state index contributed by atoms with van der Waals surface area (Å²) in [5.41, 5.74) is 0. The number of amides is 3. The number of likely N-dealkylation sites (tertiary alicyclic amines) is 1. The van der Waals surface area contributed by atoms with Crippen molar-refractivity contribution in [3.63, 3.8) is 0 Å². The highest BCUT2D eigenvalue weighted by molar-refractivity contribution is 5.81. The lowest BCUT2D eigenvalue weighted by atomic mass is 10.2. The van der Waals surface area contributed by atoms with E-state index in [2.05, 4.69) is 10.6 Å². The average molecular weight is 305 g/mol. The highest BCUT2D eigenvalue weighted by Gasteiger charge is 2.28. The maximum absolute atomic E-state index is 11.9. The van der Waals surface area contributed by atoms with Crippen molar-refractivity contribution in [2.24, 2.45) is 0 Å². The molecule has 2 heterocycles. The van der Waals surface area contributed by atoms with E-state index in [-0.39, 0.29) is 24.1 Å². The van der Waals surface area contributed by atoms with E-state index in [9.17, 15) is 9.59 Å². The molecule has 22 heavy (non-hydrogen) atoms. The SMILES string of the molecule is CN1C[C@@H](NC(=O)NCC2COc3ccccc3O2)CC1=O. The monoisotopic (exact) mass is 305 g/mol. The predicted octanol–water partition coefficient (Wildman–Crippen LogP) is 0.356. The van der Waals surface area contributed by atoms with Crippen LogP contribution < -0.4 is 20.1 Å². The summed E-state index contributed by atoms with van der Waals surface area (Å²) in [5, 5.41) is 5.54. The number of likely N-dealkylation sites (N-methyl/N-ethyl adjacent to an activating group) is 1. The molecule has 0 radical (unpaired) electrons. The standard InChI is InChI=1S/C15H19N3O4/c1-18-8-10(6-14(18)19)17-15(20)16-7-11-9-21-12-4-2-3-5-13(12)22-11/h2-5,10-11H,6-9H2,1H3,(H2,16,17,20)/t10-,11?/m0/s1. The number of nitrogens with one attached hydrogen (secondary N) is 2. The number of ether oxygens (including phenoxy) is 2. The quantitative estimate of drug-likeness (QED) is 0.845. The molecule has 0 saturated carbocycles. The molecule has 1 aromatic carbocycles. The van der Waals surface area contributed by atoms with Crippen LogP contribution in [0.2, 0.25) is 0 Å². The van der Waals surface area contributed by atoms with E-state index in [0.29, 0.717) is 31.9 Å². The summed E-state index contributed by atoms with van der Waals surface area (Å²) in [5.74, 6) is 1.45. The van der Waals surface area contributed by atoms with Crippen molar-refractivity contribution in [2.75, 3.05) is 26.7 Å². The van der Waals surface area contributed by atoms with Gasteiger partial charge in [0.25, 0.3) is 0 Å². The van der Waals surface area contributed by atoms with Crippen molar-refractivity contribution in [3.8, 4) is 11.5 Å². The first kappa shape index (κ1) is 14.5. The maximum atomic E-state index is 11.9. The highest BCUT2D eigenvalue weighted by atomic mass is 16.6. The first-order chi connectivity index (χ1) is 10.6. The second-order valence-corrected chi connectivity index (χ2v) is 5.53. The minimum absolute atomic E-state index is 0.0471. The van der Waals surface area contributed by atoms with Gasteiger partial charge in [0.15, 0.2) is 17.6 Å². The normalized spacial score (nSPS) is 23.3. The van der Waals surface area contributed by atoms with E-state index in [1.165, 1.54) is 0 Å². The molecule has 2 aliphatic rings. The minimum Gasteiger partial charge on any atom is -0.486 e. The summed E-state index contributed by atoms with van der Waals surface area (Å²) in [7, 11) is 1.73. The lowest BCUT2D eigenvalue weighted by molar-refractivity contribution is -0.126. The van der Waals surface area contributed by atoms with Gasteiger partial charge in [-0.3, -0.25) is 4.79 Å². The molecule has 0 spiro atoms. The van der Waals surface area contributed by atoms with Crippen LogP contribution in [0.4, 0.5) is 4.79 Å². The third-order valence-corrected chi connectivity index (χ3v) is 3.73. The van der Waals surface area contributed by atoms with Crippen LogP contribution in [0, 0.1) is 0 Å². The third kappa shape index (κ3) is 3.24. The number of hydrogen-bond acceptors (Lipinski definition) is 4. The van der Waals surface area contributed by atoms with Gasteiger partial charge in [0.2, 0.25) is 5.91 Å². The second-order valence-electron chi connectivity index (χ2n) is 5.53. The molecule has 0 aromatic heterocycles. The summed E-state index contributed by atoms with van der Waals surface area (Å²) in [6, 6.07) is 7.00. The molecule has 2 aliphatic heterocycles. The number of para-hydroxylation sites is 2. The molecule has 2 atom stereocenters. The molecular weight excluding hydrogens is 286 g/mol. The van der Waals surface area contributed by atoms with Gasteiger partial charge in [-0.2, -0.15) is 0 Å². The number of nitrogens with zero attached hydrogens (tertiary/aromatic N) is 1. The Balaban J connectivity index is 1.43. The van der Waals surface area contributed by atoms with Gasteiger partial charge in [-0.1, -0.05) is 12.1 Å². The topological polar surface area (TPSA) is 79.9 Å². The summed E-state index contributed by atoms with van der Waals surface area (Å²) in [6.45, 7) is 1.28. The molecular formula is C15H19N3O4. The zero-order chi connectivity index (χ0) is 15.5. The Morgan fingerprint density at radius 1 is 1.36 bits per heavy atom. The van der Waals surface area contributed by atoms with Crippen molar-refractivity contribution in [1.29, 1.82) is 0 Å². The van der Waals surface area contributed by atoms with E-state index in [1.54, 1.807) is 11.9 Å². The van der Waals surface area contributed by atoms with Crippen LogP contribution in [0.3, 0.4) is 0 Å². The molecule has 3 rings (SSSR count). The van der Waals surface area contributed by atoms with Crippen LogP contribution in [-0.2, 0) is 4.79 Å². The van der Waals surface area contributed by atoms with Crippen LogP contribution >= 0.6 is 0 Å². The van der Waals surface area contributed by atoms with Crippen LogP contribution in [0.5, 0.6) is 11.5 Å². The molecule has 2 N–H and O–H groups in total. The Kier molecular flexibility index (Phi) is 4.04. The van der Waals surface area contributed by atoms with E-state index in [4.69, 9.17) is 9.47 Å². The highest BCUT2D eigenvalue weighted by Crippen LogP contribution is 2.30. The number of carbonyl (C=O) groups excluding carboxylic acids is 2. The molecule has 1 aromatic rings. The number of rotatable bonds is 3. The van der Waals surface area contributed by atoms with Crippen molar-refractivity contribution < 1.29 is 19.1 Å². The van der Waals surface area contributed by atoms with Gasteiger partial charge in [-0.25, -0.2) is 4.79 Å². The molecule has 1 fully saturated rings. The van der Waals surface area contributed by atoms with Crippen molar-refractivity contribution in [3.05, 3.63) is 24.3 Å². The fraction of sp³-hybridized carbons (Fsp3) is 0.467. The zero-order valence-corrected chi connectivity index (χ0v) is 12.4. The van der Waals surface area contributed by atoms with Gasteiger partial charge in [0, 0.05) is 20.0 Å². The first-order valence-electron chi connectivity index (χ1n) is 7.28. The Labute approximate surface area is 128 Å². The fourth-order valence-corrected chi connectivity index (χ4v) is 2.57. The summed E-state index contributed by atoms with van der Waals surface area (Å²) in [4.78, 5) is 24.9. The van der Waals surface area contributed by atoms with Crippen LogP contribution in [0.15, 0.2) is 24.3 Å². The molecule has 7 nitrogen and oxygen atoms in total. The Hall–Kier alpha value is -2.44. The second kappa shape index (κ2) is 6.13. The molecule has 1 unspecified atom stereocenters. The fourth-order valence-electron chi connectivity index (χ4n) is 2.57. The van der Waals surface area contributed by atoms with Gasteiger partial charge in [-0.15, -0.1) is 0 Å². The third-order valence-electron chi connectivity index (χ3n) is 3.73. The smallest absolute Gasteiger partial charge is 0.315 e. The first-order valence-corrected chi connectivity index (χ1v) is 7.28. The van der Waals surface area contributed by atoms with Gasteiger partial charge in [0.1, 0.15) is 6.61 Å². The van der Waals surface area contributed by atoms with Gasteiger partial charge in [-0.05, 0) is 12.1 Å². The largest absolute Gasteiger partial charge is 0.486 e. The van der Waals surface area contributed by atoms with Gasteiger partial charge in [0.05, 0.1) is 12.6 Å². The zero-order valence-electron chi connectivity index (χ0n) is 12.4. The van der Waals surface area contributed by atoms with Crippen molar-refractivity contribution in [1.82, 2.24) is 15.5 Å². The Morgan fingerprint density at radius 2 is 2.14 bits per heavy atom. The van der Waals surface area contributed by atoms with E-state index < -0.39 is 0 Å². The van der Waals surface area contributed by atoms with Crippen molar-refractivity contribution >= 4 is 11.9 Å². The molecule has 0 bridgehead atoms. The Morgan fingerprint density at radius 3 is 2.86 bits per heavy atom. The van der Waals surface area contributed by atoms with Gasteiger partial charge >= 0.3 is 6.03 Å². The van der Waals surface area contributed by atoms with Crippen LogP contribution in [-0.4, -0.2) is 55.7 Å². The minimum atomic E-state index is -0.296. The lowest BCUT2D eigenvalue weighted by Gasteiger charge is -2.26. The molecule has 1 saturated heterocycles. The number of urea groups is 1. The summed E-state index contributed by atoms with van der Waals surface area (Å²) < 4.78 is 11.3. The Bertz CT molecular complexity index is 578. The number of hydrogen-bond donors (Lipinski definition) is 2. The number of benzene rings is 1. The lowest BCUT2D eigenvalue weighted by Crippen LogP contribution is -2.47. The molecule has 3 amide bonds. The van der Waals surface area contributed by atoms with Crippen LogP contribution in [0.1, 0.15) is 6.42 Å². The molecule has 118 valence electrons. The summed E-state index contributed by atoms with van der Waals surface area (Å²) >= 11 is 0. The van der Waals surface area contributed by atoms with E-state index >= 15 is 0 Å². The molecule has 7 heteroatoms.